The second kappa shape index (κ2) is 7.58. The second-order valence-corrected chi connectivity index (χ2v) is 8.94. The molecule has 0 spiro atoms. The summed E-state index contributed by atoms with van der Waals surface area (Å²) in [6.45, 7) is 3.80. The number of benzene rings is 3. The van der Waals surface area contributed by atoms with Crippen molar-refractivity contribution < 1.29 is 22.0 Å². The number of fused-ring (bicyclic) bond motifs is 3. The maximum Gasteiger partial charge on any atom is 0.167 e. The van der Waals surface area contributed by atoms with Crippen molar-refractivity contribution >= 4 is 5.57 Å². The Balaban J connectivity index is 1.66. The number of halogens is 5. The Morgan fingerprint density at radius 3 is 1.97 bits per heavy atom. The molecule has 0 N–H and O–H groups in total. The molecule has 0 saturated carbocycles. The topological polar surface area (TPSA) is 0 Å². The van der Waals surface area contributed by atoms with Crippen LogP contribution in [0.5, 0.6) is 0 Å². The molecule has 0 aliphatic heterocycles. The zero-order valence-electron chi connectivity index (χ0n) is 17.8. The molecule has 0 bridgehead atoms. The van der Waals surface area contributed by atoms with Crippen LogP contribution in [0, 0.1) is 41.9 Å². The monoisotopic (exact) mass is 440 g/mol. The fourth-order valence-electron chi connectivity index (χ4n) is 4.86. The van der Waals surface area contributed by atoms with E-state index >= 15 is 13.2 Å². The lowest BCUT2D eigenvalue weighted by Crippen LogP contribution is -2.05. The molecule has 1 atom stereocenters. The molecule has 5 rings (SSSR count). The van der Waals surface area contributed by atoms with E-state index < -0.39 is 29.1 Å². The molecule has 3 aromatic carbocycles. The summed E-state index contributed by atoms with van der Waals surface area (Å²) in [7, 11) is 0. The van der Waals surface area contributed by atoms with Gasteiger partial charge < -0.3 is 0 Å². The lowest BCUT2D eigenvalue weighted by atomic mass is 9.86. The van der Waals surface area contributed by atoms with E-state index in [1.165, 1.54) is 18.2 Å². The van der Waals surface area contributed by atoms with Crippen LogP contribution in [0.3, 0.4) is 0 Å². The van der Waals surface area contributed by atoms with E-state index in [1.54, 1.807) is 19.1 Å². The highest BCUT2D eigenvalue weighted by Crippen LogP contribution is 2.46. The van der Waals surface area contributed by atoms with E-state index in [0.29, 0.717) is 29.0 Å². The van der Waals surface area contributed by atoms with Crippen molar-refractivity contribution in [3.63, 3.8) is 0 Å². The fraction of sp³-hybridized carbons (Fsp3) is 0.259. The Hall–Kier alpha value is -2.95. The molecule has 0 amide bonds. The SMILES string of the molecule is Cc1ccc(-c2cc3c(c(F)c2F)-c2c(cc(C4=CCC(C)CC4)c(F)c2F)C3)c(F)c1. The molecular weight excluding hydrogens is 419 g/mol. The smallest absolute Gasteiger partial charge is 0.167 e. The second-order valence-electron chi connectivity index (χ2n) is 8.94. The molecule has 0 saturated heterocycles. The third kappa shape index (κ3) is 3.17. The summed E-state index contributed by atoms with van der Waals surface area (Å²) in [5, 5.41) is 0. The van der Waals surface area contributed by atoms with Crippen molar-refractivity contribution in [1.29, 1.82) is 0 Å². The van der Waals surface area contributed by atoms with Crippen LogP contribution in [0.4, 0.5) is 22.0 Å². The van der Waals surface area contributed by atoms with Crippen LogP contribution in [0.15, 0.2) is 36.4 Å². The molecule has 0 nitrogen and oxygen atoms in total. The first-order valence-corrected chi connectivity index (χ1v) is 10.7. The van der Waals surface area contributed by atoms with E-state index in [2.05, 4.69) is 6.92 Å². The lowest BCUT2D eigenvalue weighted by Gasteiger charge is -2.20. The molecule has 0 fully saturated rings. The Bertz CT molecular complexity index is 1300. The number of allylic oxidation sites excluding steroid dienone is 2. The largest absolute Gasteiger partial charge is 0.206 e. The highest BCUT2D eigenvalue weighted by molar-refractivity contribution is 5.84. The average Bonchev–Trinajstić information content (AvgIpc) is 3.13. The Morgan fingerprint density at radius 1 is 0.750 bits per heavy atom. The first-order chi connectivity index (χ1) is 15.3. The number of rotatable bonds is 2. The van der Waals surface area contributed by atoms with Gasteiger partial charge in [-0.05, 0) is 79.0 Å². The predicted molar refractivity (Wildman–Crippen MR) is 116 cm³/mol. The standard InChI is InChI=1S/C27H21F5/c1-13-3-6-15(7-4-13)19-11-16-10-17-12-20(18-8-5-14(2)9-21(18)28)25(30)27(32)23(17)22(16)26(31)24(19)29/h5-6,8-9,11-13H,3-4,7,10H2,1-2H3. The Labute approximate surface area is 183 Å². The summed E-state index contributed by atoms with van der Waals surface area (Å²) >= 11 is 0. The van der Waals surface area contributed by atoms with Crippen LogP contribution >= 0.6 is 0 Å². The highest BCUT2D eigenvalue weighted by atomic mass is 19.2. The van der Waals surface area contributed by atoms with Crippen molar-refractivity contribution in [2.24, 2.45) is 5.92 Å². The van der Waals surface area contributed by atoms with E-state index in [4.69, 9.17) is 0 Å². The van der Waals surface area contributed by atoms with Gasteiger partial charge in [0.15, 0.2) is 23.3 Å². The molecule has 0 radical (unpaired) electrons. The van der Waals surface area contributed by atoms with Gasteiger partial charge in [-0.15, -0.1) is 0 Å². The van der Waals surface area contributed by atoms with Crippen LogP contribution < -0.4 is 0 Å². The average molecular weight is 440 g/mol. The summed E-state index contributed by atoms with van der Waals surface area (Å²) in [6, 6.07) is 7.15. The number of aryl methyl sites for hydroxylation is 1. The summed E-state index contributed by atoms with van der Waals surface area (Å²) < 4.78 is 74.8. The fourth-order valence-corrected chi connectivity index (χ4v) is 4.86. The molecule has 5 heteroatoms. The van der Waals surface area contributed by atoms with Crippen LogP contribution in [0.1, 0.15) is 48.4 Å². The first kappa shape index (κ1) is 20.9. The van der Waals surface area contributed by atoms with E-state index in [9.17, 15) is 8.78 Å². The van der Waals surface area contributed by atoms with Gasteiger partial charge in [-0.3, -0.25) is 0 Å². The maximum absolute atomic E-state index is 15.2. The third-order valence-electron chi connectivity index (χ3n) is 6.64. The summed E-state index contributed by atoms with van der Waals surface area (Å²) in [6.07, 6.45) is 4.37. The quantitative estimate of drug-likeness (QED) is 0.276. The summed E-state index contributed by atoms with van der Waals surface area (Å²) in [5.74, 6) is -4.94. The Kier molecular flexibility index (Phi) is 4.95. The Morgan fingerprint density at radius 2 is 1.38 bits per heavy atom. The van der Waals surface area contributed by atoms with Gasteiger partial charge in [0.2, 0.25) is 0 Å². The number of hydrogen-bond donors (Lipinski definition) is 0. The molecule has 3 aromatic rings. The molecule has 1 unspecified atom stereocenters. The molecule has 164 valence electrons. The van der Waals surface area contributed by atoms with Gasteiger partial charge in [0.25, 0.3) is 0 Å². The van der Waals surface area contributed by atoms with Crippen LogP contribution in [-0.2, 0) is 6.42 Å². The minimum atomic E-state index is -1.28. The molecular formula is C27H21F5. The first-order valence-electron chi connectivity index (χ1n) is 10.7. The van der Waals surface area contributed by atoms with Gasteiger partial charge in [-0.25, -0.2) is 22.0 Å². The normalized spacial score (nSPS) is 17.2. The van der Waals surface area contributed by atoms with Gasteiger partial charge in [0.1, 0.15) is 5.82 Å². The van der Waals surface area contributed by atoms with Crippen molar-refractivity contribution in [3.8, 4) is 22.3 Å². The van der Waals surface area contributed by atoms with Gasteiger partial charge >= 0.3 is 0 Å². The van der Waals surface area contributed by atoms with Gasteiger partial charge in [0.05, 0.1) is 0 Å². The maximum atomic E-state index is 15.2. The van der Waals surface area contributed by atoms with Gasteiger partial charge in [-0.1, -0.05) is 25.1 Å². The summed E-state index contributed by atoms with van der Waals surface area (Å²) in [4.78, 5) is 0. The minimum absolute atomic E-state index is 0.0698. The molecule has 2 aliphatic carbocycles. The third-order valence-corrected chi connectivity index (χ3v) is 6.64. The predicted octanol–water partition coefficient (Wildman–Crippen LogP) is 8.13. The number of hydrogen-bond acceptors (Lipinski definition) is 0. The van der Waals surface area contributed by atoms with E-state index in [-0.39, 0.29) is 34.2 Å². The zero-order chi connectivity index (χ0) is 22.7. The van der Waals surface area contributed by atoms with E-state index in [0.717, 1.165) is 18.4 Å². The highest BCUT2D eigenvalue weighted by Gasteiger charge is 2.33. The summed E-state index contributed by atoms with van der Waals surface area (Å²) in [5.41, 5.74) is 1.50. The van der Waals surface area contributed by atoms with Crippen LogP contribution in [0.25, 0.3) is 27.8 Å². The van der Waals surface area contributed by atoms with Crippen molar-refractivity contribution in [2.75, 3.05) is 0 Å². The van der Waals surface area contributed by atoms with Crippen LogP contribution in [-0.4, -0.2) is 0 Å². The molecule has 0 aromatic heterocycles. The minimum Gasteiger partial charge on any atom is -0.206 e. The van der Waals surface area contributed by atoms with Crippen LogP contribution in [0.2, 0.25) is 0 Å². The lowest BCUT2D eigenvalue weighted by molar-refractivity contribution is 0.498. The van der Waals surface area contributed by atoms with E-state index in [1.807, 2.05) is 6.08 Å². The molecule has 32 heavy (non-hydrogen) atoms. The van der Waals surface area contributed by atoms with Crippen molar-refractivity contribution in [2.45, 2.75) is 39.5 Å². The van der Waals surface area contributed by atoms with Gasteiger partial charge in [0, 0.05) is 27.8 Å². The van der Waals surface area contributed by atoms with Crippen molar-refractivity contribution in [3.05, 3.63) is 87.7 Å². The van der Waals surface area contributed by atoms with Crippen molar-refractivity contribution in [1.82, 2.24) is 0 Å². The van der Waals surface area contributed by atoms with Gasteiger partial charge in [-0.2, -0.15) is 0 Å². The molecule has 2 aliphatic rings. The molecule has 0 heterocycles. The zero-order valence-corrected chi connectivity index (χ0v) is 17.8.